The molecule has 0 radical (unpaired) electrons. The molecular formula is C53H87NO4. The monoisotopic (exact) mass is 802 g/mol. The minimum atomic E-state index is -0.435. The van der Waals surface area contributed by atoms with Gasteiger partial charge in [0.1, 0.15) is 6.61 Å². The lowest BCUT2D eigenvalue weighted by molar-refractivity contribution is -0.186. The smallest absolute Gasteiger partial charge is 0.409 e. The first kappa shape index (κ1) is 49.7. The lowest BCUT2D eigenvalue weighted by atomic mass is 9.85. The van der Waals surface area contributed by atoms with Gasteiger partial charge in [-0.25, -0.2) is 4.79 Å². The van der Waals surface area contributed by atoms with Crippen molar-refractivity contribution >= 4 is 6.09 Å². The van der Waals surface area contributed by atoms with Gasteiger partial charge < -0.3 is 19.1 Å². The highest BCUT2D eigenvalue weighted by Crippen LogP contribution is 2.44. The number of nitrogens with zero attached hydrogens (tertiary/aromatic N) is 1. The second-order valence-electron chi connectivity index (χ2n) is 17.5. The van der Waals surface area contributed by atoms with Crippen molar-refractivity contribution in [1.82, 2.24) is 4.90 Å². The molecular weight excluding hydrogens is 715 g/mol. The number of benzene rings is 1. The maximum absolute atomic E-state index is 12.8. The molecule has 1 saturated carbocycles. The molecule has 1 heterocycles. The molecule has 2 fully saturated rings. The number of allylic oxidation sites excluding steroid dienone is 8. The van der Waals surface area contributed by atoms with Gasteiger partial charge in [-0.3, -0.25) is 0 Å². The molecule has 1 amide bonds. The zero-order valence-corrected chi connectivity index (χ0v) is 37.7. The van der Waals surface area contributed by atoms with Crippen molar-refractivity contribution in [2.75, 3.05) is 13.6 Å². The Bertz CT molecular complexity index is 1210. The minimum absolute atomic E-state index is 0.127. The van der Waals surface area contributed by atoms with E-state index in [1.807, 2.05) is 37.4 Å². The molecule has 0 spiro atoms. The molecule has 58 heavy (non-hydrogen) atoms. The van der Waals surface area contributed by atoms with Crippen molar-refractivity contribution in [3.05, 3.63) is 84.5 Å². The Kier molecular flexibility index (Phi) is 28.4. The zero-order valence-electron chi connectivity index (χ0n) is 37.7. The number of carbonyl (C=O) groups is 1. The Labute approximate surface area is 357 Å². The Hall–Kier alpha value is -2.63. The Morgan fingerprint density at radius 2 is 1.09 bits per heavy atom. The van der Waals surface area contributed by atoms with E-state index in [4.69, 9.17) is 14.2 Å². The molecule has 1 saturated heterocycles. The molecule has 1 aliphatic heterocycles. The van der Waals surface area contributed by atoms with Crippen molar-refractivity contribution in [2.45, 2.75) is 225 Å². The summed E-state index contributed by atoms with van der Waals surface area (Å²) in [5, 5.41) is 0. The van der Waals surface area contributed by atoms with Crippen LogP contribution >= 0.6 is 0 Å². The molecule has 1 aromatic carbocycles. The van der Waals surface area contributed by atoms with Gasteiger partial charge in [0.15, 0.2) is 5.79 Å². The van der Waals surface area contributed by atoms with E-state index in [0.29, 0.717) is 19.1 Å². The number of fused-ring (bicyclic) bond motifs is 1. The Morgan fingerprint density at radius 1 is 0.621 bits per heavy atom. The van der Waals surface area contributed by atoms with Crippen molar-refractivity contribution < 1.29 is 19.0 Å². The van der Waals surface area contributed by atoms with Crippen LogP contribution in [0.2, 0.25) is 0 Å². The molecule has 3 atom stereocenters. The van der Waals surface area contributed by atoms with Crippen LogP contribution in [0.15, 0.2) is 78.9 Å². The summed E-state index contributed by atoms with van der Waals surface area (Å²) in [4.78, 5) is 14.6. The largest absolute Gasteiger partial charge is 0.445 e. The average Bonchev–Trinajstić information content (AvgIpc) is 3.60. The van der Waals surface area contributed by atoms with Crippen molar-refractivity contribution in [3.8, 4) is 0 Å². The van der Waals surface area contributed by atoms with Crippen LogP contribution in [0, 0.1) is 5.92 Å². The highest BCUT2D eigenvalue weighted by Gasteiger charge is 2.49. The summed E-state index contributed by atoms with van der Waals surface area (Å²) < 4.78 is 19.6. The normalized spacial score (nSPS) is 20.9. The maximum Gasteiger partial charge on any atom is 0.409 e. The second kappa shape index (κ2) is 33.1. The van der Waals surface area contributed by atoms with E-state index in [1.54, 1.807) is 4.90 Å². The standard InChI is InChI=1S/C53H87NO4/c1-4-6-8-10-12-14-16-18-20-22-24-26-28-30-32-37-43-53(44-38-33-31-29-27-25-23-21-19-17-15-13-11-9-7-5-2)57-50-42-41-49(45-51(50)58-53)46-54(3)52(55)56-47-48-39-35-34-36-40-48/h12-15,18-21,34-36,39-40,49-51H,4-11,16-17,22-33,37-38,41-47H2,1-3H3/t49-,50-,51+,53?/m0/s1. The van der Waals surface area contributed by atoms with E-state index < -0.39 is 5.79 Å². The van der Waals surface area contributed by atoms with Crippen LogP contribution in [0.4, 0.5) is 4.79 Å². The zero-order chi connectivity index (χ0) is 41.2. The fraction of sp³-hybridized carbons (Fsp3) is 0.717. The molecule has 328 valence electrons. The number of hydrogen-bond acceptors (Lipinski definition) is 4. The molecule has 0 N–H and O–H groups in total. The van der Waals surface area contributed by atoms with Gasteiger partial charge in [0, 0.05) is 26.4 Å². The molecule has 0 aromatic heterocycles. The Morgan fingerprint density at radius 3 is 1.60 bits per heavy atom. The number of hydrogen-bond donors (Lipinski definition) is 0. The fourth-order valence-electron chi connectivity index (χ4n) is 8.61. The second-order valence-corrected chi connectivity index (χ2v) is 17.5. The number of amides is 1. The van der Waals surface area contributed by atoms with Gasteiger partial charge in [-0.2, -0.15) is 0 Å². The number of carbonyl (C=O) groups excluding carboxylic acids is 1. The van der Waals surface area contributed by atoms with Crippen molar-refractivity contribution in [1.29, 1.82) is 0 Å². The van der Waals surface area contributed by atoms with E-state index in [2.05, 4.69) is 62.5 Å². The van der Waals surface area contributed by atoms with Crippen LogP contribution in [0.1, 0.15) is 206 Å². The van der Waals surface area contributed by atoms with Crippen molar-refractivity contribution in [3.63, 3.8) is 0 Å². The molecule has 3 rings (SSSR count). The van der Waals surface area contributed by atoms with Crippen LogP contribution in [-0.4, -0.2) is 42.6 Å². The SMILES string of the molecule is CCCCCC=CCC=CCCCCCCCCC1(CCCCCCCCC=CCC=CCCCCC)O[C@H]2CC[C@H](CN(C)C(=O)OCc3ccccc3)C[C@H]2O1. The van der Waals surface area contributed by atoms with Gasteiger partial charge in [0.25, 0.3) is 0 Å². The summed E-state index contributed by atoms with van der Waals surface area (Å²) in [7, 11) is 1.87. The topological polar surface area (TPSA) is 48.0 Å². The fourth-order valence-corrected chi connectivity index (χ4v) is 8.61. The summed E-state index contributed by atoms with van der Waals surface area (Å²) in [6.45, 7) is 5.54. The van der Waals surface area contributed by atoms with Crippen LogP contribution in [-0.2, 0) is 20.8 Å². The highest BCUT2D eigenvalue weighted by molar-refractivity contribution is 5.67. The van der Waals surface area contributed by atoms with E-state index >= 15 is 0 Å². The first-order valence-electron chi connectivity index (χ1n) is 24.4. The predicted molar refractivity (Wildman–Crippen MR) is 247 cm³/mol. The number of rotatable bonds is 34. The lowest BCUT2D eigenvalue weighted by Crippen LogP contribution is -2.38. The molecule has 5 heteroatoms. The number of ether oxygens (including phenoxy) is 3. The van der Waals surface area contributed by atoms with E-state index in [-0.39, 0.29) is 18.3 Å². The molecule has 5 nitrogen and oxygen atoms in total. The summed E-state index contributed by atoms with van der Waals surface area (Å²) >= 11 is 0. The first-order chi connectivity index (χ1) is 28.5. The third-order valence-electron chi connectivity index (χ3n) is 12.1. The quantitative estimate of drug-likeness (QED) is 0.0514. The van der Waals surface area contributed by atoms with E-state index in [1.165, 1.54) is 141 Å². The Balaban J connectivity index is 1.36. The summed E-state index contributed by atoms with van der Waals surface area (Å²) in [6, 6.07) is 9.91. The van der Waals surface area contributed by atoms with Crippen LogP contribution in [0.3, 0.4) is 0 Å². The molecule has 1 aliphatic carbocycles. The van der Waals surface area contributed by atoms with Gasteiger partial charge in [-0.1, -0.05) is 170 Å². The van der Waals surface area contributed by atoms with Gasteiger partial charge in [-0.15, -0.1) is 0 Å². The van der Waals surface area contributed by atoms with Crippen LogP contribution in [0.5, 0.6) is 0 Å². The first-order valence-corrected chi connectivity index (χ1v) is 24.4. The van der Waals surface area contributed by atoms with E-state index in [0.717, 1.165) is 50.5 Å². The van der Waals surface area contributed by atoms with Gasteiger partial charge in [-0.05, 0) is 108 Å². The van der Waals surface area contributed by atoms with Crippen molar-refractivity contribution in [2.24, 2.45) is 5.92 Å². The third kappa shape index (κ3) is 23.2. The molecule has 0 unspecified atom stereocenters. The van der Waals surface area contributed by atoms with Crippen LogP contribution < -0.4 is 0 Å². The third-order valence-corrected chi connectivity index (χ3v) is 12.1. The van der Waals surface area contributed by atoms with Gasteiger partial charge >= 0.3 is 6.09 Å². The molecule has 1 aromatic rings. The predicted octanol–water partition coefficient (Wildman–Crippen LogP) is 15.9. The van der Waals surface area contributed by atoms with Crippen LogP contribution in [0.25, 0.3) is 0 Å². The summed E-state index contributed by atoms with van der Waals surface area (Å²) in [5.41, 5.74) is 1.01. The minimum Gasteiger partial charge on any atom is -0.445 e. The number of unbranched alkanes of at least 4 members (excludes halogenated alkanes) is 18. The summed E-state index contributed by atoms with van der Waals surface area (Å²) in [6.07, 6.45) is 54.2. The van der Waals surface area contributed by atoms with Gasteiger partial charge in [0.05, 0.1) is 12.2 Å². The van der Waals surface area contributed by atoms with E-state index in [9.17, 15) is 4.79 Å². The summed E-state index contributed by atoms with van der Waals surface area (Å²) in [5.74, 6) is -0.0338. The highest BCUT2D eigenvalue weighted by atomic mass is 16.8. The lowest BCUT2D eigenvalue weighted by Gasteiger charge is -2.31. The van der Waals surface area contributed by atoms with Gasteiger partial charge in [0.2, 0.25) is 0 Å². The average molecular weight is 802 g/mol. The molecule has 0 bridgehead atoms. The maximum atomic E-state index is 12.8. The molecule has 2 aliphatic rings.